The molecule has 6 nitrogen and oxygen atoms in total. The number of aromatic nitrogens is 1. The number of furan rings is 1. The molecular weight excluding hydrogens is 354 g/mol. The summed E-state index contributed by atoms with van der Waals surface area (Å²) >= 11 is 0. The van der Waals surface area contributed by atoms with Crippen LogP contribution in [0.3, 0.4) is 0 Å². The number of benzene rings is 1. The minimum atomic E-state index is -0.114. The van der Waals surface area contributed by atoms with Gasteiger partial charge in [0.2, 0.25) is 0 Å². The summed E-state index contributed by atoms with van der Waals surface area (Å²) in [6, 6.07) is 8.12. The smallest absolute Gasteiger partial charge is 0.254 e. The van der Waals surface area contributed by atoms with Crippen LogP contribution < -0.4 is 5.32 Å². The highest BCUT2D eigenvalue weighted by atomic mass is 16.5. The van der Waals surface area contributed by atoms with Crippen molar-refractivity contribution in [3.8, 4) is 0 Å². The summed E-state index contributed by atoms with van der Waals surface area (Å²) in [7, 11) is 0. The molecule has 6 heteroatoms. The lowest BCUT2D eigenvalue weighted by molar-refractivity contribution is 0.0313. The van der Waals surface area contributed by atoms with Gasteiger partial charge in [0.25, 0.3) is 5.91 Å². The molecule has 0 spiro atoms. The van der Waals surface area contributed by atoms with Gasteiger partial charge in [0, 0.05) is 36.2 Å². The Hall–Kier alpha value is -2.57. The third-order valence-electron chi connectivity index (χ3n) is 5.43. The number of ether oxygens (including phenoxy) is 1. The minimum absolute atomic E-state index is 0.114. The van der Waals surface area contributed by atoms with E-state index in [1.54, 1.807) is 0 Å². The van der Waals surface area contributed by atoms with Crippen LogP contribution in [-0.2, 0) is 24.2 Å². The first kappa shape index (κ1) is 18.8. The number of carbonyl (C=O) groups excluding carboxylic acids is 1. The number of hydrogen-bond acceptors (Lipinski definition) is 4. The van der Waals surface area contributed by atoms with Crippen molar-refractivity contribution < 1.29 is 13.9 Å². The molecule has 1 aromatic carbocycles. The van der Waals surface area contributed by atoms with Gasteiger partial charge < -0.3 is 19.5 Å². The summed E-state index contributed by atoms with van der Waals surface area (Å²) < 4.78 is 10.9. The largest absolute Gasteiger partial charge is 0.467 e. The fourth-order valence-corrected chi connectivity index (χ4v) is 3.74. The van der Waals surface area contributed by atoms with Gasteiger partial charge in [-0.2, -0.15) is 0 Å². The van der Waals surface area contributed by atoms with Crippen molar-refractivity contribution in [2.24, 2.45) is 0 Å². The molecule has 1 amide bonds. The number of carbonyl (C=O) groups is 1. The first-order chi connectivity index (χ1) is 13.6. The van der Waals surface area contributed by atoms with Gasteiger partial charge in [0.1, 0.15) is 12.0 Å². The van der Waals surface area contributed by atoms with Crippen LogP contribution >= 0.6 is 0 Å². The van der Waals surface area contributed by atoms with E-state index >= 15 is 0 Å². The molecular formula is C22H27N3O3. The highest BCUT2D eigenvalue weighted by molar-refractivity contribution is 5.94. The highest BCUT2D eigenvalue weighted by Gasteiger charge is 2.15. The minimum Gasteiger partial charge on any atom is -0.467 e. The molecule has 1 saturated heterocycles. The number of nitrogens with zero attached hydrogens (tertiary/aromatic N) is 1. The maximum Gasteiger partial charge on any atom is 0.254 e. The maximum atomic E-state index is 12.5. The molecule has 28 heavy (non-hydrogen) atoms. The van der Waals surface area contributed by atoms with Crippen molar-refractivity contribution in [2.75, 3.05) is 26.3 Å². The molecule has 0 radical (unpaired) electrons. The Kier molecular flexibility index (Phi) is 5.50. The van der Waals surface area contributed by atoms with E-state index in [1.165, 1.54) is 22.9 Å². The lowest BCUT2D eigenvalue weighted by Gasteiger charge is -2.25. The fourth-order valence-electron chi connectivity index (χ4n) is 3.74. The fraction of sp³-hybridized carbons (Fsp3) is 0.409. The summed E-state index contributed by atoms with van der Waals surface area (Å²) in [6.07, 6.45) is 2.53. The van der Waals surface area contributed by atoms with E-state index in [1.807, 2.05) is 6.07 Å². The van der Waals surface area contributed by atoms with E-state index in [0.717, 1.165) is 49.6 Å². The molecule has 3 heterocycles. The summed E-state index contributed by atoms with van der Waals surface area (Å²) in [5.74, 6) is 0.695. The standard InChI is InChI=1S/C22H27N3O3/c1-3-20-15(2)19-10-16(4-5-21(19)24-20)12-23-22(26)17-11-18(28-14-17)13-25-6-8-27-9-7-25/h4-5,10-11,14,24H,3,6-9,12-13H2,1-2H3,(H,23,26). The molecule has 3 aromatic rings. The van der Waals surface area contributed by atoms with Crippen molar-refractivity contribution in [3.63, 3.8) is 0 Å². The number of hydrogen-bond donors (Lipinski definition) is 2. The van der Waals surface area contributed by atoms with Gasteiger partial charge in [0.15, 0.2) is 0 Å². The number of morpholine rings is 1. The molecule has 148 valence electrons. The first-order valence-electron chi connectivity index (χ1n) is 9.90. The molecule has 1 aliphatic heterocycles. The number of aromatic amines is 1. The average Bonchev–Trinajstić information content (AvgIpc) is 3.31. The van der Waals surface area contributed by atoms with Gasteiger partial charge in [-0.15, -0.1) is 0 Å². The van der Waals surface area contributed by atoms with Gasteiger partial charge in [-0.3, -0.25) is 9.69 Å². The number of fused-ring (bicyclic) bond motifs is 1. The van der Waals surface area contributed by atoms with Crippen LogP contribution in [0.2, 0.25) is 0 Å². The van der Waals surface area contributed by atoms with Crippen molar-refractivity contribution in [2.45, 2.75) is 33.4 Å². The van der Waals surface area contributed by atoms with Crippen LogP contribution in [0, 0.1) is 6.92 Å². The van der Waals surface area contributed by atoms with Crippen LogP contribution in [0.1, 0.15) is 39.9 Å². The SMILES string of the molecule is CCc1[nH]c2ccc(CNC(=O)c3coc(CN4CCOCC4)c3)cc2c1C. The summed E-state index contributed by atoms with van der Waals surface area (Å²) in [5, 5.41) is 4.22. The average molecular weight is 381 g/mol. The Balaban J connectivity index is 1.37. The zero-order chi connectivity index (χ0) is 19.5. The Morgan fingerprint density at radius 1 is 1.25 bits per heavy atom. The van der Waals surface area contributed by atoms with E-state index in [9.17, 15) is 4.79 Å². The highest BCUT2D eigenvalue weighted by Crippen LogP contribution is 2.23. The molecule has 0 saturated carbocycles. The van der Waals surface area contributed by atoms with Gasteiger partial charge in [-0.25, -0.2) is 0 Å². The maximum absolute atomic E-state index is 12.5. The van der Waals surface area contributed by atoms with E-state index in [0.29, 0.717) is 18.7 Å². The molecule has 0 bridgehead atoms. The third kappa shape index (κ3) is 3.98. The van der Waals surface area contributed by atoms with Crippen molar-refractivity contribution >= 4 is 16.8 Å². The third-order valence-corrected chi connectivity index (χ3v) is 5.43. The van der Waals surface area contributed by atoms with Crippen molar-refractivity contribution in [1.82, 2.24) is 15.2 Å². The second-order valence-electron chi connectivity index (χ2n) is 7.33. The van der Waals surface area contributed by atoms with E-state index < -0.39 is 0 Å². The zero-order valence-corrected chi connectivity index (χ0v) is 16.5. The van der Waals surface area contributed by atoms with Crippen LogP contribution in [0.4, 0.5) is 0 Å². The van der Waals surface area contributed by atoms with E-state index in [4.69, 9.17) is 9.15 Å². The Labute approximate surface area is 164 Å². The summed E-state index contributed by atoms with van der Waals surface area (Å²) in [5.41, 5.74) is 5.35. The van der Waals surface area contributed by atoms with Gasteiger partial charge in [-0.1, -0.05) is 13.0 Å². The lowest BCUT2D eigenvalue weighted by atomic mass is 10.1. The lowest BCUT2D eigenvalue weighted by Crippen LogP contribution is -2.35. The monoisotopic (exact) mass is 381 g/mol. The quantitative estimate of drug-likeness (QED) is 0.687. The van der Waals surface area contributed by atoms with Crippen molar-refractivity contribution in [3.05, 3.63) is 58.7 Å². The first-order valence-corrected chi connectivity index (χ1v) is 9.90. The second kappa shape index (κ2) is 8.20. The number of aryl methyl sites for hydroxylation is 2. The predicted molar refractivity (Wildman–Crippen MR) is 108 cm³/mol. The van der Waals surface area contributed by atoms with Crippen LogP contribution in [0.25, 0.3) is 10.9 Å². The van der Waals surface area contributed by atoms with Crippen molar-refractivity contribution in [1.29, 1.82) is 0 Å². The van der Waals surface area contributed by atoms with E-state index in [2.05, 4.69) is 47.2 Å². The number of rotatable bonds is 6. The molecule has 0 atom stereocenters. The number of nitrogens with one attached hydrogen (secondary N) is 2. The van der Waals surface area contributed by atoms with Gasteiger partial charge in [-0.05, 0) is 42.7 Å². The van der Waals surface area contributed by atoms with Crippen LogP contribution in [-0.4, -0.2) is 42.1 Å². The molecule has 2 aromatic heterocycles. The molecule has 1 fully saturated rings. The normalized spacial score (nSPS) is 15.2. The number of amides is 1. The van der Waals surface area contributed by atoms with Crippen LogP contribution in [0.15, 0.2) is 34.9 Å². The van der Waals surface area contributed by atoms with Crippen LogP contribution in [0.5, 0.6) is 0 Å². The number of H-pyrrole nitrogens is 1. The Morgan fingerprint density at radius 3 is 2.86 bits per heavy atom. The van der Waals surface area contributed by atoms with Gasteiger partial charge in [0.05, 0.1) is 25.3 Å². The molecule has 2 N–H and O–H groups in total. The molecule has 0 unspecified atom stereocenters. The predicted octanol–water partition coefficient (Wildman–Crippen LogP) is 3.39. The molecule has 1 aliphatic rings. The molecule has 4 rings (SSSR count). The topological polar surface area (TPSA) is 70.5 Å². The van der Waals surface area contributed by atoms with E-state index in [-0.39, 0.29) is 5.91 Å². The summed E-state index contributed by atoms with van der Waals surface area (Å²) in [4.78, 5) is 18.2. The summed E-state index contributed by atoms with van der Waals surface area (Å²) in [6.45, 7) is 8.77. The zero-order valence-electron chi connectivity index (χ0n) is 16.5. The van der Waals surface area contributed by atoms with Gasteiger partial charge >= 0.3 is 0 Å². The Morgan fingerprint density at radius 2 is 2.07 bits per heavy atom. The molecule has 0 aliphatic carbocycles. The second-order valence-corrected chi connectivity index (χ2v) is 7.33. The Bertz CT molecular complexity index is 967.